The van der Waals surface area contributed by atoms with Gasteiger partial charge in [-0.15, -0.1) is 0 Å². The first-order valence-electron chi connectivity index (χ1n) is 6.66. The van der Waals surface area contributed by atoms with Crippen molar-refractivity contribution in [2.45, 2.75) is 6.61 Å². The van der Waals surface area contributed by atoms with Crippen molar-refractivity contribution in [3.8, 4) is 11.5 Å². The number of amides is 1. The van der Waals surface area contributed by atoms with Gasteiger partial charge in [0.15, 0.2) is 6.79 Å². The van der Waals surface area contributed by atoms with Crippen molar-refractivity contribution >= 4 is 11.6 Å². The molecular formula is C16H14FNO4. The highest BCUT2D eigenvalue weighted by Crippen LogP contribution is 2.30. The Kier molecular flexibility index (Phi) is 3.93. The number of hydrogen-bond donors (Lipinski definition) is 1. The molecule has 1 aliphatic rings. The van der Waals surface area contributed by atoms with Crippen molar-refractivity contribution in [2.24, 2.45) is 0 Å². The lowest BCUT2D eigenvalue weighted by Gasteiger charge is -2.20. The average Bonchev–Trinajstić information content (AvgIpc) is 2.54. The number of fused-ring (bicyclic) bond motifs is 1. The number of halogens is 1. The van der Waals surface area contributed by atoms with Gasteiger partial charge in [-0.05, 0) is 36.4 Å². The van der Waals surface area contributed by atoms with Gasteiger partial charge in [-0.25, -0.2) is 4.39 Å². The van der Waals surface area contributed by atoms with E-state index in [4.69, 9.17) is 14.2 Å². The molecule has 0 bridgehead atoms. The zero-order valence-corrected chi connectivity index (χ0v) is 11.9. The van der Waals surface area contributed by atoms with Crippen LogP contribution in [0.5, 0.6) is 11.5 Å². The van der Waals surface area contributed by atoms with Gasteiger partial charge >= 0.3 is 0 Å². The zero-order chi connectivity index (χ0) is 15.5. The summed E-state index contributed by atoms with van der Waals surface area (Å²) >= 11 is 0. The van der Waals surface area contributed by atoms with Crippen LogP contribution in [0, 0.1) is 5.82 Å². The third-order valence-electron chi connectivity index (χ3n) is 3.27. The van der Waals surface area contributed by atoms with E-state index in [9.17, 15) is 9.18 Å². The minimum atomic E-state index is -0.507. The lowest BCUT2D eigenvalue weighted by molar-refractivity contribution is -0.0170. The molecule has 0 aliphatic carbocycles. The summed E-state index contributed by atoms with van der Waals surface area (Å²) in [4.78, 5) is 12.4. The fourth-order valence-corrected chi connectivity index (χ4v) is 2.22. The lowest BCUT2D eigenvalue weighted by atomic mass is 10.1. The van der Waals surface area contributed by atoms with Gasteiger partial charge in [-0.1, -0.05) is 0 Å². The monoisotopic (exact) mass is 303 g/mol. The molecule has 22 heavy (non-hydrogen) atoms. The van der Waals surface area contributed by atoms with Crippen molar-refractivity contribution in [3.05, 3.63) is 53.3 Å². The molecular weight excluding hydrogens is 289 g/mol. The van der Waals surface area contributed by atoms with E-state index in [1.807, 2.05) is 0 Å². The quantitative estimate of drug-likeness (QED) is 0.947. The third-order valence-corrected chi connectivity index (χ3v) is 3.27. The Bertz CT molecular complexity index is 700. The Labute approximate surface area is 126 Å². The van der Waals surface area contributed by atoms with Crippen LogP contribution < -0.4 is 14.8 Å². The Balaban J connectivity index is 1.86. The minimum absolute atomic E-state index is 0.0431. The van der Waals surface area contributed by atoms with Crippen LogP contribution in [-0.4, -0.2) is 19.8 Å². The van der Waals surface area contributed by atoms with Crippen LogP contribution in [0.3, 0.4) is 0 Å². The number of benzene rings is 2. The van der Waals surface area contributed by atoms with E-state index >= 15 is 0 Å². The van der Waals surface area contributed by atoms with Crippen LogP contribution in [0.1, 0.15) is 15.9 Å². The van der Waals surface area contributed by atoms with Gasteiger partial charge in [0.25, 0.3) is 5.91 Å². The molecule has 6 heteroatoms. The second-order valence-electron chi connectivity index (χ2n) is 4.73. The number of anilines is 1. The number of nitrogens with one attached hydrogen (secondary N) is 1. The van der Waals surface area contributed by atoms with E-state index in [1.165, 1.54) is 6.07 Å². The second kappa shape index (κ2) is 6.03. The number of ether oxygens (including phenoxy) is 3. The molecule has 0 aromatic heterocycles. The van der Waals surface area contributed by atoms with Crippen molar-refractivity contribution in [1.29, 1.82) is 0 Å². The molecule has 0 saturated carbocycles. The van der Waals surface area contributed by atoms with Crippen LogP contribution in [0.4, 0.5) is 10.1 Å². The summed E-state index contributed by atoms with van der Waals surface area (Å²) in [7, 11) is 1.56. The topological polar surface area (TPSA) is 56.8 Å². The first-order valence-corrected chi connectivity index (χ1v) is 6.66. The fraction of sp³-hybridized carbons (Fsp3) is 0.188. The van der Waals surface area contributed by atoms with Gasteiger partial charge in [-0.3, -0.25) is 4.79 Å². The maximum Gasteiger partial charge on any atom is 0.259 e. The molecule has 0 atom stereocenters. The molecule has 0 saturated heterocycles. The van der Waals surface area contributed by atoms with E-state index in [1.54, 1.807) is 31.4 Å². The minimum Gasteiger partial charge on any atom is -0.497 e. The standard InChI is InChI=1S/C16H14FNO4/c1-20-13-4-2-12(3-5-13)18-16(19)14-7-11(17)6-10-8-21-9-22-15(10)14/h2-7H,8-9H2,1H3,(H,18,19). The van der Waals surface area contributed by atoms with Crippen molar-refractivity contribution < 1.29 is 23.4 Å². The lowest BCUT2D eigenvalue weighted by Crippen LogP contribution is -2.19. The fourth-order valence-electron chi connectivity index (χ4n) is 2.22. The van der Waals surface area contributed by atoms with E-state index in [-0.39, 0.29) is 19.0 Å². The van der Waals surface area contributed by atoms with Gasteiger partial charge in [0.05, 0.1) is 19.3 Å². The predicted octanol–water partition coefficient (Wildman–Crippen LogP) is 2.95. The van der Waals surface area contributed by atoms with Gasteiger partial charge in [0, 0.05) is 11.3 Å². The Morgan fingerprint density at radius 1 is 1.27 bits per heavy atom. The zero-order valence-electron chi connectivity index (χ0n) is 11.9. The number of carbonyl (C=O) groups excluding carboxylic acids is 1. The number of rotatable bonds is 3. The first-order chi connectivity index (χ1) is 10.7. The molecule has 0 radical (unpaired) electrons. The molecule has 5 nitrogen and oxygen atoms in total. The van der Waals surface area contributed by atoms with E-state index < -0.39 is 11.7 Å². The highest BCUT2D eigenvalue weighted by atomic mass is 19.1. The molecule has 114 valence electrons. The molecule has 3 rings (SSSR count). The molecule has 2 aromatic carbocycles. The Morgan fingerprint density at radius 2 is 2.05 bits per heavy atom. The normalized spacial score (nSPS) is 13.0. The number of carbonyl (C=O) groups is 1. The van der Waals surface area contributed by atoms with Crippen LogP contribution >= 0.6 is 0 Å². The second-order valence-corrected chi connectivity index (χ2v) is 4.73. The van der Waals surface area contributed by atoms with Crippen molar-refractivity contribution in [3.63, 3.8) is 0 Å². The summed E-state index contributed by atoms with van der Waals surface area (Å²) in [5.74, 6) is 0.0934. The van der Waals surface area contributed by atoms with Gasteiger partial charge in [-0.2, -0.15) is 0 Å². The summed E-state index contributed by atoms with van der Waals surface area (Å²) in [6.45, 7) is 0.261. The Morgan fingerprint density at radius 3 is 2.77 bits per heavy atom. The predicted molar refractivity (Wildman–Crippen MR) is 77.6 cm³/mol. The maximum atomic E-state index is 13.6. The van der Waals surface area contributed by atoms with Gasteiger partial charge in [0.2, 0.25) is 0 Å². The summed E-state index contributed by atoms with van der Waals surface area (Å²) in [6.07, 6.45) is 0. The van der Waals surface area contributed by atoms with Gasteiger partial charge in [0.1, 0.15) is 17.3 Å². The molecule has 0 spiro atoms. The molecule has 0 fully saturated rings. The molecule has 1 N–H and O–H groups in total. The number of methoxy groups -OCH3 is 1. The highest BCUT2D eigenvalue weighted by Gasteiger charge is 2.21. The van der Waals surface area contributed by atoms with Crippen molar-refractivity contribution in [1.82, 2.24) is 0 Å². The third kappa shape index (κ3) is 2.87. The van der Waals surface area contributed by atoms with Crippen LogP contribution in [0.2, 0.25) is 0 Å². The molecule has 1 heterocycles. The van der Waals surface area contributed by atoms with Crippen LogP contribution in [-0.2, 0) is 11.3 Å². The average molecular weight is 303 g/mol. The molecule has 0 unspecified atom stereocenters. The summed E-state index contributed by atoms with van der Waals surface area (Å²) in [5.41, 5.74) is 1.25. The molecule has 1 aliphatic heterocycles. The summed E-state index contributed by atoms with van der Waals surface area (Å²) in [6, 6.07) is 9.31. The largest absolute Gasteiger partial charge is 0.497 e. The SMILES string of the molecule is COc1ccc(NC(=O)c2cc(F)cc3c2OCOC3)cc1. The molecule has 1 amide bonds. The smallest absolute Gasteiger partial charge is 0.259 e. The van der Waals surface area contributed by atoms with E-state index in [2.05, 4.69) is 5.32 Å². The number of hydrogen-bond acceptors (Lipinski definition) is 4. The van der Waals surface area contributed by atoms with Crippen LogP contribution in [0.25, 0.3) is 0 Å². The van der Waals surface area contributed by atoms with Crippen LogP contribution in [0.15, 0.2) is 36.4 Å². The van der Waals surface area contributed by atoms with Crippen molar-refractivity contribution in [2.75, 3.05) is 19.2 Å². The molecule has 2 aromatic rings. The highest BCUT2D eigenvalue weighted by molar-refractivity contribution is 6.06. The van der Waals surface area contributed by atoms with E-state index in [0.717, 1.165) is 6.07 Å². The Hall–Kier alpha value is -2.60. The first kappa shape index (κ1) is 14.3. The van der Waals surface area contributed by atoms with Gasteiger partial charge < -0.3 is 19.5 Å². The summed E-state index contributed by atoms with van der Waals surface area (Å²) in [5, 5.41) is 2.70. The maximum absolute atomic E-state index is 13.6. The summed E-state index contributed by atoms with van der Waals surface area (Å²) < 4.78 is 29.1. The van der Waals surface area contributed by atoms with E-state index in [0.29, 0.717) is 22.7 Å².